The van der Waals surface area contributed by atoms with Crippen molar-refractivity contribution in [2.45, 2.75) is 51.7 Å². The molecule has 20 heavy (non-hydrogen) atoms. The van der Waals surface area contributed by atoms with E-state index in [2.05, 4.69) is 41.4 Å². The second-order valence-electron chi connectivity index (χ2n) is 6.21. The number of ether oxygens (including phenoxy) is 1. The molecule has 1 N–H and O–H groups in total. The number of carbonyl (C=O) groups excluding carboxylic acids is 1. The zero-order chi connectivity index (χ0) is 15.0. The minimum absolute atomic E-state index is 0.0572. The molecule has 1 aromatic rings. The first-order chi connectivity index (χ1) is 9.32. The van der Waals surface area contributed by atoms with Crippen LogP contribution < -0.4 is 0 Å². The molecular formula is C13H23N5O2. The highest BCUT2D eigenvalue weighted by molar-refractivity contribution is 5.76. The van der Waals surface area contributed by atoms with Crippen molar-refractivity contribution in [1.29, 1.82) is 0 Å². The van der Waals surface area contributed by atoms with Crippen LogP contribution in [-0.4, -0.2) is 57.2 Å². The second-order valence-corrected chi connectivity index (χ2v) is 6.21. The quantitative estimate of drug-likeness (QED) is 0.862. The Morgan fingerprint density at radius 3 is 2.70 bits per heavy atom. The number of aromatic amines is 1. The summed E-state index contributed by atoms with van der Waals surface area (Å²) in [6, 6.07) is 0.199. The van der Waals surface area contributed by atoms with Crippen molar-refractivity contribution in [1.82, 2.24) is 25.5 Å². The monoisotopic (exact) mass is 281 g/mol. The van der Waals surface area contributed by atoms with Gasteiger partial charge in [0.15, 0.2) is 5.82 Å². The molecular weight excluding hydrogens is 258 g/mol. The van der Waals surface area contributed by atoms with Gasteiger partial charge in [0.05, 0.1) is 5.60 Å². The van der Waals surface area contributed by atoms with Crippen molar-refractivity contribution in [2.75, 3.05) is 14.2 Å². The molecule has 7 heteroatoms. The number of hydrogen-bond donors (Lipinski definition) is 1. The number of amides is 1. The van der Waals surface area contributed by atoms with E-state index in [0.717, 1.165) is 6.42 Å². The molecule has 0 radical (unpaired) electrons. The van der Waals surface area contributed by atoms with Crippen LogP contribution in [0.3, 0.4) is 0 Å². The van der Waals surface area contributed by atoms with Crippen molar-refractivity contribution >= 4 is 5.91 Å². The second kappa shape index (κ2) is 5.12. The summed E-state index contributed by atoms with van der Waals surface area (Å²) in [4.78, 5) is 14.1. The van der Waals surface area contributed by atoms with Gasteiger partial charge in [0.25, 0.3) is 0 Å². The van der Waals surface area contributed by atoms with Gasteiger partial charge >= 0.3 is 0 Å². The summed E-state index contributed by atoms with van der Waals surface area (Å²) in [6.07, 6.45) is 1.77. The van der Waals surface area contributed by atoms with Crippen LogP contribution in [-0.2, 0) is 16.0 Å². The van der Waals surface area contributed by atoms with Crippen molar-refractivity contribution in [3.8, 4) is 0 Å². The molecule has 0 aromatic carbocycles. The summed E-state index contributed by atoms with van der Waals surface area (Å²) in [5.74, 6) is 0.673. The number of rotatable bonds is 5. The van der Waals surface area contributed by atoms with Gasteiger partial charge < -0.3 is 9.64 Å². The molecule has 2 unspecified atom stereocenters. The molecule has 112 valence electrons. The average Bonchev–Trinajstić information content (AvgIpc) is 2.94. The number of hydrogen-bond acceptors (Lipinski definition) is 5. The van der Waals surface area contributed by atoms with E-state index >= 15 is 0 Å². The third kappa shape index (κ3) is 2.30. The lowest BCUT2D eigenvalue weighted by atomic mass is 9.55. The Balaban J connectivity index is 1.92. The summed E-state index contributed by atoms with van der Waals surface area (Å²) in [5.41, 5.74) is -0.224. The number of aromatic nitrogens is 4. The molecule has 7 nitrogen and oxygen atoms in total. The average molecular weight is 281 g/mol. The number of methoxy groups -OCH3 is 1. The molecule has 1 fully saturated rings. The molecule has 0 aliphatic heterocycles. The van der Waals surface area contributed by atoms with Gasteiger partial charge in [-0.3, -0.25) is 4.79 Å². The Morgan fingerprint density at radius 2 is 2.20 bits per heavy atom. The largest absolute Gasteiger partial charge is 0.378 e. The molecule has 0 saturated heterocycles. The number of tetrazole rings is 1. The van der Waals surface area contributed by atoms with E-state index in [0.29, 0.717) is 18.7 Å². The van der Waals surface area contributed by atoms with Crippen molar-refractivity contribution < 1.29 is 9.53 Å². The molecule has 2 rings (SSSR count). The molecule has 1 aliphatic rings. The van der Waals surface area contributed by atoms with Crippen molar-refractivity contribution in [2.24, 2.45) is 5.41 Å². The summed E-state index contributed by atoms with van der Waals surface area (Å²) < 4.78 is 5.60. The van der Waals surface area contributed by atoms with E-state index in [1.165, 1.54) is 0 Å². The van der Waals surface area contributed by atoms with Gasteiger partial charge in [0.1, 0.15) is 0 Å². The predicted molar refractivity (Wildman–Crippen MR) is 72.9 cm³/mol. The number of nitrogens with one attached hydrogen (secondary N) is 1. The van der Waals surface area contributed by atoms with Crippen LogP contribution in [0.5, 0.6) is 0 Å². The van der Waals surface area contributed by atoms with Gasteiger partial charge in [0.2, 0.25) is 5.91 Å². The summed E-state index contributed by atoms with van der Waals surface area (Å²) in [6.45, 7) is 6.39. The SMILES string of the molecule is COC1(C)CC(N(C)C(=O)CCc2nn[nH]n2)C1(C)C. The molecule has 1 saturated carbocycles. The van der Waals surface area contributed by atoms with E-state index < -0.39 is 0 Å². The molecule has 0 bridgehead atoms. The first-order valence-corrected chi connectivity index (χ1v) is 6.85. The number of H-pyrrole nitrogens is 1. The highest BCUT2D eigenvalue weighted by atomic mass is 16.5. The minimum atomic E-state index is -0.167. The lowest BCUT2D eigenvalue weighted by Gasteiger charge is -2.61. The van der Waals surface area contributed by atoms with Crippen LogP contribution in [0.15, 0.2) is 0 Å². The Bertz CT molecular complexity index is 473. The van der Waals surface area contributed by atoms with Gasteiger partial charge in [-0.1, -0.05) is 19.1 Å². The number of nitrogens with zero attached hydrogens (tertiary/aromatic N) is 4. The maximum Gasteiger partial charge on any atom is 0.223 e. The maximum atomic E-state index is 12.3. The fraction of sp³-hybridized carbons (Fsp3) is 0.846. The Labute approximate surface area is 119 Å². The van der Waals surface area contributed by atoms with Gasteiger partial charge in [-0.25, -0.2) is 0 Å². The van der Waals surface area contributed by atoms with Crippen LogP contribution in [0.1, 0.15) is 39.4 Å². The van der Waals surface area contributed by atoms with E-state index in [1.54, 1.807) is 7.11 Å². The van der Waals surface area contributed by atoms with Crippen molar-refractivity contribution in [3.05, 3.63) is 5.82 Å². The first-order valence-electron chi connectivity index (χ1n) is 6.85. The third-order valence-electron chi connectivity index (χ3n) is 5.04. The van der Waals surface area contributed by atoms with Crippen LogP contribution in [0, 0.1) is 5.41 Å². The topological polar surface area (TPSA) is 84.0 Å². The molecule has 1 aromatic heterocycles. The first kappa shape index (κ1) is 14.9. The highest BCUT2D eigenvalue weighted by Crippen LogP contribution is 2.53. The van der Waals surface area contributed by atoms with E-state index in [9.17, 15) is 4.79 Å². The third-order valence-corrected chi connectivity index (χ3v) is 5.04. The summed E-state index contributed by atoms with van der Waals surface area (Å²) in [5, 5.41) is 13.6. The smallest absolute Gasteiger partial charge is 0.223 e. The molecule has 1 heterocycles. The Morgan fingerprint density at radius 1 is 1.50 bits per heavy atom. The lowest BCUT2D eigenvalue weighted by Crippen LogP contribution is -2.68. The summed E-state index contributed by atoms with van der Waals surface area (Å²) >= 11 is 0. The number of aryl methyl sites for hydroxylation is 1. The van der Waals surface area contributed by atoms with E-state index in [1.807, 2.05) is 11.9 Å². The zero-order valence-electron chi connectivity index (χ0n) is 12.8. The molecule has 1 aliphatic carbocycles. The Kier molecular flexibility index (Phi) is 3.82. The molecule has 1 amide bonds. The van der Waals surface area contributed by atoms with Crippen LogP contribution in [0.2, 0.25) is 0 Å². The molecule has 2 atom stereocenters. The van der Waals surface area contributed by atoms with Crippen LogP contribution >= 0.6 is 0 Å². The molecule has 0 spiro atoms. The Hall–Kier alpha value is -1.50. The van der Waals surface area contributed by atoms with E-state index in [4.69, 9.17) is 4.74 Å². The van der Waals surface area contributed by atoms with Crippen LogP contribution in [0.25, 0.3) is 0 Å². The summed E-state index contributed by atoms with van der Waals surface area (Å²) in [7, 11) is 3.59. The fourth-order valence-corrected chi connectivity index (χ4v) is 2.93. The van der Waals surface area contributed by atoms with Gasteiger partial charge in [-0.15, -0.1) is 10.2 Å². The number of carbonyl (C=O) groups is 1. The fourth-order valence-electron chi connectivity index (χ4n) is 2.93. The lowest BCUT2D eigenvalue weighted by molar-refractivity contribution is -0.207. The van der Waals surface area contributed by atoms with Crippen LogP contribution in [0.4, 0.5) is 0 Å². The van der Waals surface area contributed by atoms with Gasteiger partial charge in [0, 0.05) is 38.5 Å². The standard InChI is InChI=1S/C13H23N5O2/c1-12(2)9(8-13(12,3)20-5)18(4)11(19)7-6-10-14-16-17-15-10/h9H,6-8H2,1-5H3,(H,14,15,16,17). The van der Waals surface area contributed by atoms with E-state index in [-0.39, 0.29) is 23.0 Å². The minimum Gasteiger partial charge on any atom is -0.378 e. The predicted octanol–water partition coefficient (Wildman–Crippen LogP) is 0.794. The zero-order valence-corrected chi connectivity index (χ0v) is 12.8. The normalized spacial score (nSPS) is 27.9. The van der Waals surface area contributed by atoms with Gasteiger partial charge in [-0.2, -0.15) is 5.21 Å². The maximum absolute atomic E-state index is 12.3. The highest BCUT2D eigenvalue weighted by Gasteiger charge is 2.59. The van der Waals surface area contributed by atoms with Gasteiger partial charge in [-0.05, 0) is 13.3 Å². The van der Waals surface area contributed by atoms with Crippen molar-refractivity contribution in [3.63, 3.8) is 0 Å².